The molecule has 1 aliphatic heterocycles. The number of carbonyl (C=O) groups excluding carboxylic acids is 1. The van der Waals surface area contributed by atoms with E-state index < -0.39 is 0 Å². The summed E-state index contributed by atoms with van der Waals surface area (Å²) in [5.74, 6) is 0.710. The van der Waals surface area contributed by atoms with Gasteiger partial charge in [-0.15, -0.1) is 0 Å². The monoisotopic (exact) mass is 273 g/mol. The summed E-state index contributed by atoms with van der Waals surface area (Å²) in [4.78, 5) is 14.3. The maximum Gasteiger partial charge on any atom is 0.410 e. The SMILES string of the molecule is O=C(OCc1ccccc1)N1CCCC2CCCCC21. The zero-order valence-electron chi connectivity index (χ0n) is 12.0. The number of piperidine rings is 1. The molecular formula is C17H23NO2. The smallest absolute Gasteiger partial charge is 0.410 e. The third-order valence-electron chi connectivity index (χ3n) is 4.68. The molecule has 1 saturated carbocycles. The van der Waals surface area contributed by atoms with E-state index in [2.05, 4.69) is 0 Å². The van der Waals surface area contributed by atoms with Crippen molar-refractivity contribution in [1.29, 1.82) is 0 Å². The lowest BCUT2D eigenvalue weighted by atomic mass is 9.78. The predicted octanol–water partition coefficient (Wildman–Crippen LogP) is 3.98. The zero-order valence-corrected chi connectivity index (χ0v) is 12.0. The van der Waals surface area contributed by atoms with Gasteiger partial charge < -0.3 is 9.64 Å². The van der Waals surface area contributed by atoms with E-state index in [1.165, 1.54) is 25.7 Å². The Hall–Kier alpha value is -1.51. The minimum atomic E-state index is -0.120. The molecule has 3 heteroatoms. The minimum absolute atomic E-state index is 0.120. The van der Waals surface area contributed by atoms with Gasteiger partial charge >= 0.3 is 6.09 Å². The van der Waals surface area contributed by atoms with Crippen LogP contribution in [0.1, 0.15) is 44.1 Å². The first-order valence-electron chi connectivity index (χ1n) is 7.82. The molecule has 2 unspecified atom stereocenters. The number of carbonyl (C=O) groups is 1. The van der Waals surface area contributed by atoms with Crippen molar-refractivity contribution in [3.8, 4) is 0 Å². The van der Waals surface area contributed by atoms with Crippen LogP contribution in [-0.4, -0.2) is 23.6 Å². The molecule has 0 aromatic heterocycles. The highest BCUT2D eigenvalue weighted by molar-refractivity contribution is 5.68. The Kier molecular flexibility index (Phi) is 4.24. The van der Waals surface area contributed by atoms with Gasteiger partial charge in [-0.25, -0.2) is 4.79 Å². The van der Waals surface area contributed by atoms with Gasteiger partial charge in [0, 0.05) is 12.6 Å². The number of hydrogen-bond donors (Lipinski definition) is 0. The molecule has 1 amide bonds. The van der Waals surface area contributed by atoms with Gasteiger partial charge in [-0.2, -0.15) is 0 Å². The van der Waals surface area contributed by atoms with Crippen molar-refractivity contribution < 1.29 is 9.53 Å². The average molecular weight is 273 g/mol. The number of hydrogen-bond acceptors (Lipinski definition) is 2. The summed E-state index contributed by atoms with van der Waals surface area (Å²) >= 11 is 0. The van der Waals surface area contributed by atoms with E-state index >= 15 is 0 Å². The fraction of sp³-hybridized carbons (Fsp3) is 0.588. The Labute approximate surface area is 120 Å². The molecule has 0 N–H and O–H groups in total. The molecule has 1 aliphatic carbocycles. The van der Waals surface area contributed by atoms with Crippen LogP contribution in [0.4, 0.5) is 4.79 Å². The Bertz CT molecular complexity index is 444. The van der Waals surface area contributed by atoms with E-state index in [0.29, 0.717) is 18.6 Å². The van der Waals surface area contributed by atoms with Crippen molar-refractivity contribution in [1.82, 2.24) is 4.90 Å². The van der Waals surface area contributed by atoms with Crippen molar-refractivity contribution in [2.45, 2.75) is 51.2 Å². The molecule has 20 heavy (non-hydrogen) atoms. The molecule has 1 heterocycles. The van der Waals surface area contributed by atoms with Gasteiger partial charge in [0.05, 0.1) is 0 Å². The summed E-state index contributed by atoms with van der Waals surface area (Å²) in [7, 11) is 0. The van der Waals surface area contributed by atoms with Gasteiger partial charge in [0.2, 0.25) is 0 Å². The fourth-order valence-electron chi connectivity index (χ4n) is 3.65. The predicted molar refractivity (Wildman–Crippen MR) is 78.3 cm³/mol. The van der Waals surface area contributed by atoms with Crippen molar-refractivity contribution in [3.63, 3.8) is 0 Å². The van der Waals surface area contributed by atoms with Crippen LogP contribution in [0.3, 0.4) is 0 Å². The zero-order chi connectivity index (χ0) is 13.8. The Morgan fingerprint density at radius 2 is 1.85 bits per heavy atom. The highest BCUT2D eigenvalue weighted by Crippen LogP contribution is 2.35. The van der Waals surface area contributed by atoms with Crippen LogP contribution < -0.4 is 0 Å². The number of fused-ring (bicyclic) bond motifs is 1. The molecule has 1 aromatic carbocycles. The first kappa shape index (κ1) is 13.5. The molecule has 0 bridgehead atoms. The number of benzene rings is 1. The maximum atomic E-state index is 12.3. The molecular weight excluding hydrogens is 250 g/mol. The van der Waals surface area contributed by atoms with Crippen LogP contribution in [-0.2, 0) is 11.3 Å². The van der Waals surface area contributed by atoms with Gasteiger partial charge in [-0.3, -0.25) is 0 Å². The van der Waals surface area contributed by atoms with Gasteiger partial charge in [0.25, 0.3) is 0 Å². The van der Waals surface area contributed by atoms with Crippen molar-refractivity contribution in [2.75, 3.05) is 6.54 Å². The summed E-state index contributed by atoms with van der Waals surface area (Å²) in [5.41, 5.74) is 1.05. The van der Waals surface area contributed by atoms with Gasteiger partial charge in [-0.1, -0.05) is 43.2 Å². The lowest BCUT2D eigenvalue weighted by molar-refractivity contribution is 0.0340. The summed E-state index contributed by atoms with van der Waals surface area (Å²) in [6.07, 6.45) is 7.32. The van der Waals surface area contributed by atoms with Crippen LogP contribution in [0.25, 0.3) is 0 Å². The molecule has 1 saturated heterocycles. The van der Waals surface area contributed by atoms with Crippen LogP contribution in [0.2, 0.25) is 0 Å². The second-order valence-electron chi connectivity index (χ2n) is 5.99. The molecule has 2 aliphatic rings. The minimum Gasteiger partial charge on any atom is -0.445 e. The molecule has 0 spiro atoms. The standard InChI is InChI=1S/C17H23NO2/c19-17(20-13-14-7-2-1-3-8-14)18-12-6-10-15-9-4-5-11-16(15)18/h1-3,7-8,15-16H,4-6,9-13H2. The van der Waals surface area contributed by atoms with E-state index in [0.717, 1.165) is 24.9 Å². The first-order valence-corrected chi connectivity index (χ1v) is 7.82. The third-order valence-corrected chi connectivity index (χ3v) is 4.68. The lowest BCUT2D eigenvalue weighted by Gasteiger charge is -2.43. The normalized spacial score (nSPS) is 25.9. The largest absolute Gasteiger partial charge is 0.445 e. The van der Waals surface area contributed by atoms with E-state index in [4.69, 9.17) is 4.74 Å². The molecule has 3 nitrogen and oxygen atoms in total. The van der Waals surface area contributed by atoms with Crippen molar-refractivity contribution >= 4 is 6.09 Å². The number of ether oxygens (including phenoxy) is 1. The lowest BCUT2D eigenvalue weighted by Crippen LogP contribution is -2.49. The first-order chi connectivity index (χ1) is 9.84. The molecule has 3 rings (SSSR count). The second kappa shape index (κ2) is 6.29. The summed E-state index contributed by atoms with van der Waals surface area (Å²) in [6, 6.07) is 10.3. The van der Waals surface area contributed by atoms with Crippen LogP contribution in [0, 0.1) is 5.92 Å². The number of rotatable bonds is 2. The Morgan fingerprint density at radius 3 is 2.70 bits per heavy atom. The molecule has 1 aromatic rings. The van der Waals surface area contributed by atoms with E-state index in [1.807, 2.05) is 35.2 Å². The van der Waals surface area contributed by atoms with Gasteiger partial charge in [0.1, 0.15) is 6.61 Å². The third kappa shape index (κ3) is 2.97. The Balaban J connectivity index is 1.58. The number of likely N-dealkylation sites (tertiary alicyclic amines) is 1. The summed E-state index contributed by atoms with van der Waals surface area (Å²) in [5, 5.41) is 0. The van der Waals surface area contributed by atoms with Crippen LogP contribution in [0.15, 0.2) is 30.3 Å². The van der Waals surface area contributed by atoms with E-state index in [9.17, 15) is 4.79 Å². The average Bonchev–Trinajstić information content (AvgIpc) is 2.53. The second-order valence-corrected chi connectivity index (χ2v) is 5.99. The van der Waals surface area contributed by atoms with Gasteiger partial charge in [0.15, 0.2) is 0 Å². The van der Waals surface area contributed by atoms with Crippen LogP contribution in [0.5, 0.6) is 0 Å². The molecule has 2 fully saturated rings. The topological polar surface area (TPSA) is 29.5 Å². The van der Waals surface area contributed by atoms with Gasteiger partial charge in [-0.05, 0) is 37.2 Å². The Morgan fingerprint density at radius 1 is 1.10 bits per heavy atom. The summed E-state index contributed by atoms with van der Waals surface area (Å²) in [6.45, 7) is 1.25. The highest BCUT2D eigenvalue weighted by atomic mass is 16.6. The molecule has 0 radical (unpaired) electrons. The van der Waals surface area contributed by atoms with E-state index in [-0.39, 0.29) is 6.09 Å². The summed E-state index contributed by atoms with van der Waals surface area (Å²) < 4.78 is 5.50. The maximum absolute atomic E-state index is 12.3. The fourth-order valence-corrected chi connectivity index (χ4v) is 3.65. The van der Waals surface area contributed by atoms with Crippen molar-refractivity contribution in [2.24, 2.45) is 5.92 Å². The number of amides is 1. The molecule has 2 atom stereocenters. The van der Waals surface area contributed by atoms with Crippen molar-refractivity contribution in [3.05, 3.63) is 35.9 Å². The highest BCUT2D eigenvalue weighted by Gasteiger charge is 2.36. The number of nitrogens with zero attached hydrogens (tertiary/aromatic N) is 1. The van der Waals surface area contributed by atoms with E-state index in [1.54, 1.807) is 0 Å². The molecule has 108 valence electrons. The van der Waals surface area contributed by atoms with Crippen LogP contribution >= 0.6 is 0 Å². The quantitative estimate of drug-likeness (QED) is 0.815.